The summed E-state index contributed by atoms with van der Waals surface area (Å²) < 4.78 is 5.55. The molecule has 3 aliphatic rings. The highest BCUT2D eigenvalue weighted by Crippen LogP contribution is 2.48. The van der Waals surface area contributed by atoms with Crippen LogP contribution in [0.5, 0.6) is 0 Å². The number of carbonyl (C=O) groups excluding carboxylic acids is 3. The van der Waals surface area contributed by atoms with Crippen LogP contribution in [0.2, 0.25) is 0 Å². The molecule has 4 rings (SSSR count). The van der Waals surface area contributed by atoms with E-state index in [9.17, 15) is 14.4 Å². The van der Waals surface area contributed by atoms with E-state index in [0.29, 0.717) is 17.9 Å². The molecule has 0 unspecified atom stereocenters. The number of nitrogens with zero attached hydrogens (tertiary/aromatic N) is 1. The first kappa shape index (κ1) is 20.2. The van der Waals surface area contributed by atoms with Crippen LogP contribution < -0.4 is 10.6 Å². The summed E-state index contributed by atoms with van der Waals surface area (Å²) in [5.41, 5.74) is 1.63. The number of rotatable bonds is 6. The summed E-state index contributed by atoms with van der Waals surface area (Å²) in [7, 11) is 0. The lowest BCUT2D eigenvalue weighted by atomic mass is 10.0. The number of hydrogen-bond acceptors (Lipinski definition) is 5. The second-order valence-corrected chi connectivity index (χ2v) is 9.22. The normalized spacial score (nSPS) is 26.4. The number of thioether (sulfide) groups is 1. The number of amides is 3. The van der Waals surface area contributed by atoms with Crippen molar-refractivity contribution in [2.75, 3.05) is 18.9 Å². The molecule has 29 heavy (non-hydrogen) atoms. The van der Waals surface area contributed by atoms with E-state index >= 15 is 0 Å². The first-order valence-electron chi connectivity index (χ1n) is 10.2. The van der Waals surface area contributed by atoms with Gasteiger partial charge in [-0.15, -0.1) is 11.8 Å². The molecule has 156 valence electrons. The zero-order valence-electron chi connectivity index (χ0n) is 16.7. The fourth-order valence-corrected chi connectivity index (χ4v) is 5.62. The largest absolute Gasteiger partial charge is 0.376 e. The highest BCUT2D eigenvalue weighted by Gasteiger charge is 2.48. The monoisotopic (exact) mass is 417 g/mol. The van der Waals surface area contributed by atoms with Crippen molar-refractivity contribution < 1.29 is 19.1 Å². The van der Waals surface area contributed by atoms with Crippen molar-refractivity contribution in [1.82, 2.24) is 15.5 Å². The molecule has 4 atom stereocenters. The second kappa shape index (κ2) is 8.36. The molecule has 3 aliphatic heterocycles. The summed E-state index contributed by atoms with van der Waals surface area (Å²) in [5, 5.41) is 5.68. The Morgan fingerprint density at radius 3 is 2.83 bits per heavy atom. The van der Waals surface area contributed by atoms with Crippen molar-refractivity contribution in [3.8, 4) is 0 Å². The number of benzene rings is 1. The van der Waals surface area contributed by atoms with Gasteiger partial charge in [-0.05, 0) is 30.4 Å². The number of hydrogen-bond donors (Lipinski definition) is 2. The van der Waals surface area contributed by atoms with Crippen LogP contribution in [0, 0.1) is 5.92 Å². The second-order valence-electron chi connectivity index (χ2n) is 8.11. The third kappa shape index (κ3) is 3.88. The van der Waals surface area contributed by atoms with Crippen molar-refractivity contribution in [1.29, 1.82) is 0 Å². The van der Waals surface area contributed by atoms with E-state index in [0.717, 1.165) is 25.0 Å². The number of nitrogens with one attached hydrogen (secondary N) is 2. The van der Waals surface area contributed by atoms with Crippen molar-refractivity contribution in [2.24, 2.45) is 5.92 Å². The zero-order chi connectivity index (χ0) is 20.5. The molecule has 0 spiro atoms. The summed E-state index contributed by atoms with van der Waals surface area (Å²) in [6.07, 6.45) is 2.00. The van der Waals surface area contributed by atoms with Crippen LogP contribution in [0.3, 0.4) is 0 Å². The molecule has 0 aliphatic carbocycles. The van der Waals surface area contributed by atoms with E-state index in [1.165, 1.54) is 0 Å². The van der Waals surface area contributed by atoms with Gasteiger partial charge in [0, 0.05) is 24.5 Å². The van der Waals surface area contributed by atoms with Crippen molar-refractivity contribution in [3.05, 3.63) is 35.4 Å². The lowest BCUT2D eigenvalue weighted by Gasteiger charge is -2.27. The first-order chi connectivity index (χ1) is 14.0. The maximum atomic E-state index is 13.0. The minimum atomic E-state index is -0.645. The summed E-state index contributed by atoms with van der Waals surface area (Å²) >= 11 is 1.59. The fraction of sp³-hybridized carbons (Fsp3) is 0.571. The lowest BCUT2D eigenvalue weighted by molar-refractivity contribution is -0.132. The van der Waals surface area contributed by atoms with Gasteiger partial charge in [0.25, 0.3) is 5.91 Å². The Labute approximate surface area is 174 Å². The Hall–Kier alpha value is -2.06. The van der Waals surface area contributed by atoms with Gasteiger partial charge in [0.15, 0.2) is 0 Å². The smallest absolute Gasteiger partial charge is 0.256 e. The van der Waals surface area contributed by atoms with Crippen LogP contribution in [-0.4, -0.2) is 59.7 Å². The minimum absolute atomic E-state index is 0.0511. The van der Waals surface area contributed by atoms with Gasteiger partial charge in [-0.2, -0.15) is 0 Å². The maximum absolute atomic E-state index is 13.0. The molecule has 3 amide bonds. The molecule has 0 bridgehead atoms. The van der Waals surface area contributed by atoms with Crippen molar-refractivity contribution in [2.45, 2.75) is 50.3 Å². The summed E-state index contributed by atoms with van der Waals surface area (Å²) in [6, 6.07) is 6.29. The predicted molar refractivity (Wildman–Crippen MR) is 110 cm³/mol. The molecular formula is C21H27N3O4S. The molecule has 2 fully saturated rings. The maximum Gasteiger partial charge on any atom is 0.256 e. The minimum Gasteiger partial charge on any atom is -0.376 e. The van der Waals surface area contributed by atoms with Crippen LogP contribution in [-0.2, 0) is 14.3 Å². The van der Waals surface area contributed by atoms with Gasteiger partial charge >= 0.3 is 0 Å². The van der Waals surface area contributed by atoms with E-state index in [2.05, 4.69) is 10.6 Å². The van der Waals surface area contributed by atoms with E-state index in [1.807, 2.05) is 32.0 Å². The summed E-state index contributed by atoms with van der Waals surface area (Å²) in [6.45, 7) is 5.00. The van der Waals surface area contributed by atoms with Gasteiger partial charge in [-0.25, -0.2) is 0 Å². The van der Waals surface area contributed by atoms with Gasteiger partial charge in [0.2, 0.25) is 11.8 Å². The molecule has 8 heteroatoms. The summed E-state index contributed by atoms with van der Waals surface area (Å²) in [4.78, 5) is 40.2. The first-order valence-corrected chi connectivity index (χ1v) is 11.2. The number of carbonyl (C=O) groups is 3. The molecule has 0 saturated carbocycles. The third-order valence-electron chi connectivity index (χ3n) is 5.77. The number of ether oxygens (including phenoxy) is 1. The highest BCUT2D eigenvalue weighted by molar-refractivity contribution is 7.99. The van der Waals surface area contributed by atoms with Crippen LogP contribution in [0.15, 0.2) is 24.3 Å². The molecule has 1 aromatic rings. The van der Waals surface area contributed by atoms with Crippen LogP contribution in [0.25, 0.3) is 0 Å². The quantitative estimate of drug-likeness (QED) is 0.736. The van der Waals surface area contributed by atoms with Crippen LogP contribution in [0.1, 0.15) is 48.0 Å². The molecule has 0 radical (unpaired) electrons. The van der Waals surface area contributed by atoms with E-state index in [-0.39, 0.29) is 35.1 Å². The SMILES string of the molecule is CC(C)[C@H](NC(=O)[C@@H]1CS[C@@H]2c3ccccc3C(=O)N21)C(=O)NC[C@@H]1CCCO1. The van der Waals surface area contributed by atoms with Gasteiger partial charge < -0.3 is 20.3 Å². The zero-order valence-corrected chi connectivity index (χ0v) is 17.5. The van der Waals surface area contributed by atoms with Gasteiger partial charge in [-0.1, -0.05) is 32.0 Å². The molecule has 2 saturated heterocycles. The Kier molecular flexibility index (Phi) is 5.83. The van der Waals surface area contributed by atoms with Crippen LogP contribution in [0.4, 0.5) is 0 Å². The Bertz CT molecular complexity index is 809. The van der Waals surface area contributed by atoms with Gasteiger partial charge in [0.1, 0.15) is 17.5 Å². The highest BCUT2D eigenvalue weighted by atomic mass is 32.2. The van der Waals surface area contributed by atoms with Crippen molar-refractivity contribution in [3.63, 3.8) is 0 Å². The van der Waals surface area contributed by atoms with Crippen molar-refractivity contribution >= 4 is 29.5 Å². The van der Waals surface area contributed by atoms with E-state index in [4.69, 9.17) is 4.74 Å². The molecule has 7 nitrogen and oxygen atoms in total. The third-order valence-corrected chi connectivity index (χ3v) is 7.07. The topological polar surface area (TPSA) is 87.7 Å². The average molecular weight is 418 g/mol. The Morgan fingerprint density at radius 2 is 2.10 bits per heavy atom. The Balaban J connectivity index is 1.41. The fourth-order valence-electron chi connectivity index (χ4n) is 4.16. The molecule has 0 aromatic heterocycles. The van der Waals surface area contributed by atoms with Gasteiger partial charge in [-0.3, -0.25) is 14.4 Å². The van der Waals surface area contributed by atoms with E-state index in [1.54, 1.807) is 22.7 Å². The predicted octanol–water partition coefficient (Wildman–Crippen LogP) is 1.69. The lowest BCUT2D eigenvalue weighted by Crippen LogP contribution is -2.55. The summed E-state index contributed by atoms with van der Waals surface area (Å²) in [5.74, 6) is -0.132. The van der Waals surface area contributed by atoms with E-state index < -0.39 is 12.1 Å². The standard InChI is InChI=1S/C21H27N3O4S/c1-12(2)17(19(26)22-10-13-6-5-9-28-13)23-18(25)16-11-29-21-15-8-4-3-7-14(15)20(27)24(16)21/h3-4,7-8,12-13,16-17,21H,5-6,9-11H2,1-2H3,(H,22,26)(H,23,25)/t13-,16-,17-,21+/m0/s1. The van der Waals surface area contributed by atoms with Gasteiger partial charge in [0.05, 0.1) is 6.10 Å². The van der Waals surface area contributed by atoms with Crippen LogP contribution >= 0.6 is 11.8 Å². The Morgan fingerprint density at radius 1 is 1.31 bits per heavy atom. The number of fused-ring (bicyclic) bond motifs is 3. The molecule has 1 aromatic carbocycles. The molecular weight excluding hydrogens is 390 g/mol. The molecule has 2 N–H and O–H groups in total. The molecule has 3 heterocycles. The average Bonchev–Trinajstić information content (AvgIpc) is 3.43.